The Balaban J connectivity index is 1.21. The molecule has 16 nitrogen and oxygen atoms in total. The third-order valence-corrected chi connectivity index (χ3v) is 17.9. The molecule has 0 aromatic heterocycles. The van der Waals surface area contributed by atoms with Gasteiger partial charge >= 0.3 is 0 Å². The van der Waals surface area contributed by atoms with Gasteiger partial charge in [-0.15, -0.1) is 0 Å². The second-order valence-electron chi connectivity index (χ2n) is 22.4. The van der Waals surface area contributed by atoms with Crippen LogP contribution in [0.1, 0.15) is 114 Å². The van der Waals surface area contributed by atoms with Crippen LogP contribution >= 0.6 is 0 Å². The summed E-state index contributed by atoms with van der Waals surface area (Å²) in [6.45, 7) is 20.2. The average Bonchev–Trinajstić information content (AvgIpc) is 3.51. The lowest BCUT2D eigenvalue weighted by Gasteiger charge is -2.66. The molecule has 6 fully saturated rings. The van der Waals surface area contributed by atoms with Gasteiger partial charge in [0.05, 0.1) is 37.1 Å². The molecule has 4 aliphatic carbocycles. The smallest absolute Gasteiger partial charge is 0.187 e. The summed E-state index contributed by atoms with van der Waals surface area (Å²) in [5.74, 6) is 0.0804. The maximum absolute atomic E-state index is 11.4. The van der Waals surface area contributed by atoms with Crippen molar-refractivity contribution in [1.82, 2.24) is 0 Å². The van der Waals surface area contributed by atoms with Crippen LogP contribution in [0.3, 0.4) is 0 Å². The Kier molecular flexibility index (Phi) is 14.8. The molecule has 16 heteroatoms. The quantitative estimate of drug-likeness (QED) is 0.133. The van der Waals surface area contributed by atoms with Crippen LogP contribution < -0.4 is 0 Å². The molecular formula is C48H80O16. The topological polar surface area (TPSA) is 258 Å². The number of rotatable bonds is 11. The minimum atomic E-state index is -1.61. The molecule has 0 aromatic rings. The van der Waals surface area contributed by atoms with E-state index in [0.717, 1.165) is 24.8 Å². The molecule has 3 heterocycles. The van der Waals surface area contributed by atoms with Crippen LogP contribution in [0.5, 0.6) is 0 Å². The predicted molar refractivity (Wildman–Crippen MR) is 231 cm³/mol. The first-order valence-electron chi connectivity index (χ1n) is 23.8. The van der Waals surface area contributed by atoms with Gasteiger partial charge in [-0.05, 0) is 112 Å². The van der Waals surface area contributed by atoms with Crippen molar-refractivity contribution in [3.63, 3.8) is 0 Å². The van der Waals surface area contributed by atoms with Gasteiger partial charge in [0.25, 0.3) is 0 Å². The summed E-state index contributed by atoms with van der Waals surface area (Å²) in [4.78, 5) is 0. The lowest BCUT2D eigenvalue weighted by atomic mass is 9.40. The second kappa shape index (κ2) is 18.6. The Morgan fingerprint density at radius 2 is 1.30 bits per heavy atom. The lowest BCUT2D eigenvalue weighted by molar-refractivity contribution is -0.331. The van der Waals surface area contributed by atoms with Crippen molar-refractivity contribution in [2.45, 2.75) is 225 Å². The highest BCUT2D eigenvalue weighted by Gasteiger charge is 2.69. The molecule has 64 heavy (non-hydrogen) atoms. The highest BCUT2D eigenvalue weighted by molar-refractivity contribution is 5.35. The van der Waals surface area contributed by atoms with Gasteiger partial charge in [-0.3, -0.25) is 0 Å². The van der Waals surface area contributed by atoms with Crippen LogP contribution in [0.15, 0.2) is 23.3 Å². The van der Waals surface area contributed by atoms with Crippen molar-refractivity contribution in [3.05, 3.63) is 23.3 Å². The van der Waals surface area contributed by atoms with Gasteiger partial charge in [0.2, 0.25) is 0 Å². The zero-order chi connectivity index (χ0) is 47.2. The molecule has 7 aliphatic rings. The molecule has 0 spiro atoms. The van der Waals surface area contributed by atoms with Crippen molar-refractivity contribution in [2.75, 3.05) is 6.61 Å². The molecule has 0 radical (unpaired) electrons. The number of hydrogen-bond donors (Lipinski definition) is 10. The highest BCUT2D eigenvalue weighted by Crippen LogP contribution is 2.74. The van der Waals surface area contributed by atoms with E-state index in [0.29, 0.717) is 25.7 Å². The number of fused-ring (bicyclic) bond motifs is 5. The fourth-order valence-electron chi connectivity index (χ4n) is 14.1. The van der Waals surface area contributed by atoms with E-state index in [1.54, 1.807) is 13.8 Å². The Labute approximate surface area is 378 Å². The van der Waals surface area contributed by atoms with Gasteiger partial charge in [0.1, 0.15) is 61.0 Å². The largest absolute Gasteiger partial charge is 0.394 e. The van der Waals surface area contributed by atoms with E-state index in [1.807, 2.05) is 19.9 Å². The summed E-state index contributed by atoms with van der Waals surface area (Å²) in [7, 11) is 0. The molecular weight excluding hydrogens is 833 g/mol. The maximum Gasteiger partial charge on any atom is 0.187 e. The van der Waals surface area contributed by atoms with E-state index >= 15 is 0 Å². The Hall–Kier alpha value is -1.16. The number of ether oxygens (including phenoxy) is 6. The number of hydrogen-bond acceptors (Lipinski definition) is 16. The van der Waals surface area contributed by atoms with E-state index in [9.17, 15) is 51.1 Å². The first-order chi connectivity index (χ1) is 29.8. The minimum Gasteiger partial charge on any atom is -0.394 e. The molecule has 0 aromatic carbocycles. The van der Waals surface area contributed by atoms with Crippen LogP contribution in [0.25, 0.3) is 0 Å². The van der Waals surface area contributed by atoms with Gasteiger partial charge in [0, 0.05) is 5.92 Å². The van der Waals surface area contributed by atoms with Gasteiger partial charge < -0.3 is 79.5 Å². The van der Waals surface area contributed by atoms with E-state index in [4.69, 9.17) is 28.4 Å². The van der Waals surface area contributed by atoms with E-state index in [-0.39, 0.29) is 46.0 Å². The third-order valence-electron chi connectivity index (χ3n) is 17.9. The monoisotopic (exact) mass is 913 g/mol. The molecule has 3 saturated heterocycles. The standard InChI is InChI=1S/C48H80O16/c1-21(2)17-25(61-42-39(56)36(53)33(50)23(4)59-42)18-22(3)26-13-16-47(9)27-11-12-30-45(6,7)31(64-43-40(57)37(54)34(51)24(5)60-43)14-15-46(30,8)32(27)28(19-48(26,47)10)62-44-41(58)38(55)35(52)29(20-49)63-44/h11,17,22-26,28-44,49-58H,12-16,18-20H2,1-10H3. The predicted octanol–water partition coefficient (Wildman–Crippen LogP) is 1.80. The second-order valence-corrected chi connectivity index (χ2v) is 22.4. The molecule has 3 saturated carbocycles. The van der Waals surface area contributed by atoms with Crippen molar-refractivity contribution >= 4 is 0 Å². The first-order valence-corrected chi connectivity index (χ1v) is 23.8. The molecule has 25 unspecified atom stereocenters. The highest BCUT2D eigenvalue weighted by atomic mass is 16.7. The third kappa shape index (κ3) is 8.53. The Morgan fingerprint density at radius 1 is 0.734 bits per heavy atom. The molecule has 7 rings (SSSR count). The van der Waals surface area contributed by atoms with Gasteiger partial charge in [0.15, 0.2) is 18.9 Å². The van der Waals surface area contributed by atoms with Crippen LogP contribution in [0, 0.1) is 45.3 Å². The van der Waals surface area contributed by atoms with Gasteiger partial charge in [-0.25, -0.2) is 0 Å². The van der Waals surface area contributed by atoms with Crippen molar-refractivity contribution in [2.24, 2.45) is 45.3 Å². The van der Waals surface area contributed by atoms with Crippen molar-refractivity contribution in [3.8, 4) is 0 Å². The summed E-state index contributed by atoms with van der Waals surface area (Å²) >= 11 is 0. The zero-order valence-electron chi connectivity index (χ0n) is 39.4. The van der Waals surface area contributed by atoms with Gasteiger partial charge in [-0.2, -0.15) is 0 Å². The summed E-state index contributed by atoms with van der Waals surface area (Å²) in [5.41, 5.74) is 0.788. The molecule has 3 aliphatic heterocycles. The Morgan fingerprint density at radius 3 is 1.89 bits per heavy atom. The summed E-state index contributed by atoms with van der Waals surface area (Å²) in [6.07, 6.45) is -11.2. The molecule has 10 N–H and O–H groups in total. The maximum atomic E-state index is 11.4. The number of allylic oxidation sites excluding steroid dienone is 2. The van der Waals surface area contributed by atoms with Crippen molar-refractivity contribution in [1.29, 1.82) is 0 Å². The van der Waals surface area contributed by atoms with E-state index in [1.165, 1.54) is 5.57 Å². The fourth-order valence-corrected chi connectivity index (χ4v) is 14.1. The molecule has 368 valence electrons. The zero-order valence-corrected chi connectivity index (χ0v) is 39.4. The van der Waals surface area contributed by atoms with E-state index < -0.39 is 116 Å². The molecule has 25 atom stereocenters. The normalized spacial score (nSPS) is 52.4. The SMILES string of the molecule is CC(C)=CC(CC(C)C1CCC2(C)C3=CCC4C(C)(C)C(OC5OC(C)C(O)C(O)C5O)CCC4(C)C3C(OC3OC(CO)C(O)C(O)C3O)CC12C)OC1OC(C)C(O)C(O)C1O. The fraction of sp³-hybridized carbons (Fsp3) is 0.917. The average molecular weight is 913 g/mol. The summed E-state index contributed by atoms with van der Waals surface area (Å²) in [5, 5.41) is 107. The number of aliphatic hydroxyl groups excluding tert-OH is 10. The summed E-state index contributed by atoms with van der Waals surface area (Å²) in [6, 6.07) is 0. The first kappa shape index (κ1) is 50.7. The lowest BCUT2D eigenvalue weighted by Crippen LogP contribution is -2.65. The van der Waals surface area contributed by atoms with E-state index in [2.05, 4.69) is 47.6 Å². The molecule has 0 amide bonds. The van der Waals surface area contributed by atoms with Crippen LogP contribution in [0.4, 0.5) is 0 Å². The summed E-state index contributed by atoms with van der Waals surface area (Å²) < 4.78 is 37.9. The van der Waals surface area contributed by atoms with Crippen LogP contribution in [0.2, 0.25) is 0 Å². The Bertz CT molecular complexity index is 1690. The van der Waals surface area contributed by atoms with Crippen LogP contribution in [-0.4, -0.2) is 168 Å². The molecule has 0 bridgehead atoms. The van der Waals surface area contributed by atoms with Crippen LogP contribution in [-0.2, 0) is 28.4 Å². The van der Waals surface area contributed by atoms with Gasteiger partial charge in [-0.1, -0.05) is 64.8 Å². The minimum absolute atomic E-state index is 0.0350. The van der Waals surface area contributed by atoms with Crippen molar-refractivity contribution < 1.29 is 79.5 Å². The number of aliphatic hydroxyl groups is 10.